The molecule has 0 spiro atoms. The van der Waals surface area contributed by atoms with Crippen molar-refractivity contribution >= 4 is 15.6 Å². The van der Waals surface area contributed by atoms with Crippen LogP contribution in [-0.2, 0) is 22.7 Å². The van der Waals surface area contributed by atoms with Crippen molar-refractivity contribution in [2.45, 2.75) is 19.8 Å². The Morgan fingerprint density at radius 3 is 2.69 bits per heavy atom. The summed E-state index contributed by atoms with van der Waals surface area (Å²) in [5.74, 6) is 0.213. The van der Waals surface area contributed by atoms with Gasteiger partial charge in [-0.2, -0.15) is 0 Å². The molecule has 2 heterocycles. The van der Waals surface area contributed by atoms with E-state index in [-0.39, 0.29) is 23.1 Å². The van der Waals surface area contributed by atoms with Crippen molar-refractivity contribution in [2.24, 2.45) is 0 Å². The Bertz CT molecular complexity index is 537. The smallest absolute Gasteiger partial charge is 0.196 e. The van der Waals surface area contributed by atoms with Gasteiger partial charge in [-0.15, -0.1) is 0 Å². The van der Waals surface area contributed by atoms with E-state index in [0.717, 1.165) is 5.56 Å². The summed E-state index contributed by atoms with van der Waals surface area (Å²) in [5, 5.41) is 0. The van der Waals surface area contributed by atoms with Crippen molar-refractivity contribution in [1.82, 2.24) is 9.97 Å². The van der Waals surface area contributed by atoms with Gasteiger partial charge in [0.05, 0.1) is 11.5 Å². The minimum absolute atomic E-state index is 0.106. The molecule has 0 saturated carbocycles. The van der Waals surface area contributed by atoms with E-state index in [1.807, 2.05) is 0 Å². The lowest BCUT2D eigenvalue weighted by Crippen LogP contribution is -2.10. The number of ketones is 1. The fourth-order valence-electron chi connectivity index (χ4n) is 1.66. The van der Waals surface area contributed by atoms with Crippen molar-refractivity contribution in [3.63, 3.8) is 0 Å². The number of sulfone groups is 1. The van der Waals surface area contributed by atoms with Gasteiger partial charge in [-0.1, -0.05) is 0 Å². The van der Waals surface area contributed by atoms with E-state index in [2.05, 4.69) is 9.97 Å². The number of hydrogen-bond acceptors (Lipinski definition) is 5. The third kappa shape index (κ3) is 2.27. The Labute approximate surface area is 93.8 Å². The molecule has 0 saturated heterocycles. The average molecular weight is 240 g/mol. The molecule has 0 atom stereocenters. The minimum Gasteiger partial charge on any atom is -0.291 e. The fraction of sp³-hybridized carbons (Fsp3) is 0.500. The van der Waals surface area contributed by atoms with Crippen LogP contribution in [0.2, 0.25) is 0 Å². The molecule has 0 fully saturated rings. The topological polar surface area (TPSA) is 77.0 Å². The maximum Gasteiger partial charge on any atom is 0.196 e. The van der Waals surface area contributed by atoms with Gasteiger partial charge < -0.3 is 0 Å². The van der Waals surface area contributed by atoms with Crippen LogP contribution in [0, 0.1) is 0 Å². The van der Waals surface area contributed by atoms with Crippen LogP contribution in [0.3, 0.4) is 0 Å². The van der Waals surface area contributed by atoms with E-state index >= 15 is 0 Å². The van der Waals surface area contributed by atoms with Crippen LogP contribution in [0.5, 0.6) is 0 Å². The molecule has 0 radical (unpaired) electrons. The van der Waals surface area contributed by atoms with Crippen LogP contribution < -0.4 is 0 Å². The molecule has 1 aromatic heterocycles. The molecule has 0 unspecified atom stereocenters. The zero-order valence-electron chi connectivity index (χ0n) is 8.93. The van der Waals surface area contributed by atoms with Gasteiger partial charge in [0.2, 0.25) is 0 Å². The van der Waals surface area contributed by atoms with Gasteiger partial charge in [-0.05, 0) is 12.0 Å². The zero-order chi connectivity index (χ0) is 11.8. The Kier molecular flexibility index (Phi) is 2.75. The first-order valence-corrected chi connectivity index (χ1v) is 6.86. The van der Waals surface area contributed by atoms with Crippen LogP contribution in [0.4, 0.5) is 0 Å². The van der Waals surface area contributed by atoms with Crippen LogP contribution in [0.1, 0.15) is 28.8 Å². The van der Waals surface area contributed by atoms with Crippen LogP contribution in [0.25, 0.3) is 0 Å². The lowest BCUT2D eigenvalue weighted by molar-refractivity contribution is 0.100. The van der Waals surface area contributed by atoms with E-state index in [4.69, 9.17) is 0 Å². The Balaban J connectivity index is 2.39. The molecule has 0 amide bonds. The standard InChI is InChI=1S/C10H12N2O3S/c1-7(13)10-11-6-8-2-4-16(14,15)5-3-9(8)12-10/h6H,2-5H2,1H3. The molecule has 0 aromatic carbocycles. The molecule has 1 aliphatic heterocycles. The highest BCUT2D eigenvalue weighted by Gasteiger charge is 2.20. The predicted molar refractivity (Wildman–Crippen MR) is 58.1 cm³/mol. The largest absolute Gasteiger partial charge is 0.291 e. The fourth-order valence-corrected chi connectivity index (χ4v) is 2.90. The zero-order valence-corrected chi connectivity index (χ0v) is 9.75. The highest BCUT2D eigenvalue weighted by atomic mass is 32.2. The van der Waals surface area contributed by atoms with Gasteiger partial charge >= 0.3 is 0 Å². The van der Waals surface area contributed by atoms with Gasteiger partial charge in [0, 0.05) is 25.2 Å². The van der Waals surface area contributed by atoms with Gasteiger partial charge in [0.25, 0.3) is 0 Å². The first-order valence-electron chi connectivity index (χ1n) is 5.04. The van der Waals surface area contributed by atoms with E-state index in [1.54, 1.807) is 6.20 Å². The second-order valence-electron chi connectivity index (χ2n) is 3.87. The van der Waals surface area contributed by atoms with Crippen molar-refractivity contribution in [2.75, 3.05) is 11.5 Å². The summed E-state index contributed by atoms with van der Waals surface area (Å²) in [4.78, 5) is 19.1. The molecule has 6 heteroatoms. The molecule has 5 nitrogen and oxygen atoms in total. The summed E-state index contributed by atoms with van der Waals surface area (Å²) in [6, 6.07) is 0. The van der Waals surface area contributed by atoms with Gasteiger partial charge in [-0.3, -0.25) is 4.79 Å². The van der Waals surface area contributed by atoms with Gasteiger partial charge in [-0.25, -0.2) is 18.4 Å². The van der Waals surface area contributed by atoms with E-state index in [1.165, 1.54) is 6.92 Å². The molecule has 86 valence electrons. The molecule has 0 N–H and O–H groups in total. The van der Waals surface area contributed by atoms with E-state index in [0.29, 0.717) is 18.5 Å². The van der Waals surface area contributed by atoms with Gasteiger partial charge in [0.15, 0.2) is 21.4 Å². The number of fused-ring (bicyclic) bond motifs is 1. The maximum absolute atomic E-state index is 11.4. The van der Waals surface area contributed by atoms with Crippen molar-refractivity contribution < 1.29 is 13.2 Å². The highest BCUT2D eigenvalue weighted by molar-refractivity contribution is 7.91. The monoisotopic (exact) mass is 240 g/mol. The summed E-state index contributed by atoms with van der Waals surface area (Å²) in [7, 11) is -2.97. The third-order valence-electron chi connectivity index (χ3n) is 2.60. The lowest BCUT2D eigenvalue weighted by Gasteiger charge is -2.03. The molecular weight excluding hydrogens is 228 g/mol. The van der Waals surface area contributed by atoms with Gasteiger partial charge in [0.1, 0.15) is 0 Å². The second-order valence-corrected chi connectivity index (χ2v) is 6.18. The van der Waals surface area contributed by atoms with E-state index in [9.17, 15) is 13.2 Å². The summed E-state index contributed by atoms with van der Waals surface area (Å²) < 4.78 is 22.9. The highest BCUT2D eigenvalue weighted by Crippen LogP contribution is 2.14. The molecule has 2 rings (SSSR count). The Morgan fingerprint density at radius 2 is 2.00 bits per heavy atom. The van der Waals surface area contributed by atoms with Crippen LogP contribution in [-0.4, -0.2) is 35.7 Å². The van der Waals surface area contributed by atoms with Crippen molar-refractivity contribution in [1.29, 1.82) is 0 Å². The number of hydrogen-bond donors (Lipinski definition) is 0. The number of nitrogens with zero attached hydrogens (tertiary/aromatic N) is 2. The number of carbonyl (C=O) groups is 1. The Hall–Kier alpha value is -1.30. The Morgan fingerprint density at radius 1 is 1.31 bits per heavy atom. The minimum atomic E-state index is -2.97. The quantitative estimate of drug-likeness (QED) is 0.655. The predicted octanol–water partition coefficient (Wildman–Crippen LogP) is 0.193. The third-order valence-corrected chi connectivity index (χ3v) is 4.25. The first-order chi connectivity index (χ1) is 7.48. The molecule has 1 aliphatic rings. The molecule has 0 bridgehead atoms. The number of Topliss-reactive ketones (excluding diaryl/α,β-unsaturated/α-hetero) is 1. The van der Waals surface area contributed by atoms with Crippen molar-refractivity contribution in [3.8, 4) is 0 Å². The number of aromatic nitrogens is 2. The average Bonchev–Trinajstić information content (AvgIpc) is 2.38. The first kappa shape index (κ1) is 11.2. The van der Waals surface area contributed by atoms with Crippen LogP contribution >= 0.6 is 0 Å². The summed E-state index contributed by atoms with van der Waals surface area (Å²) in [6.07, 6.45) is 2.39. The molecule has 0 aliphatic carbocycles. The number of aryl methyl sites for hydroxylation is 2. The van der Waals surface area contributed by atoms with Crippen LogP contribution in [0.15, 0.2) is 6.20 Å². The number of rotatable bonds is 1. The maximum atomic E-state index is 11.4. The SMILES string of the molecule is CC(=O)c1ncc2c(n1)CCS(=O)(=O)CC2. The summed E-state index contributed by atoms with van der Waals surface area (Å²) in [5.41, 5.74) is 1.53. The summed E-state index contributed by atoms with van der Waals surface area (Å²) >= 11 is 0. The molecular formula is C10H12N2O3S. The molecule has 16 heavy (non-hydrogen) atoms. The van der Waals surface area contributed by atoms with Crippen molar-refractivity contribution in [3.05, 3.63) is 23.3 Å². The normalized spacial score (nSPS) is 18.6. The molecule has 1 aromatic rings. The summed E-state index contributed by atoms with van der Waals surface area (Å²) in [6.45, 7) is 1.40. The lowest BCUT2D eigenvalue weighted by atomic mass is 10.1. The van der Waals surface area contributed by atoms with E-state index < -0.39 is 9.84 Å². The second kappa shape index (κ2) is 3.93. The number of carbonyl (C=O) groups excluding carboxylic acids is 1.